The first-order chi connectivity index (χ1) is 6.64. The van der Waals surface area contributed by atoms with E-state index in [9.17, 15) is 5.11 Å². The zero-order valence-electron chi connectivity index (χ0n) is 8.92. The molecule has 2 saturated carbocycles. The maximum absolute atomic E-state index is 9.49. The van der Waals surface area contributed by atoms with Crippen LogP contribution in [0.15, 0.2) is 0 Å². The molecule has 2 heteroatoms. The van der Waals surface area contributed by atoms with Crippen molar-refractivity contribution in [3.05, 3.63) is 0 Å². The Hall–Kier alpha value is -0.550. The summed E-state index contributed by atoms with van der Waals surface area (Å²) in [4.78, 5) is 0. The van der Waals surface area contributed by atoms with Gasteiger partial charge in [-0.15, -0.1) is 0 Å². The van der Waals surface area contributed by atoms with Gasteiger partial charge in [-0.05, 0) is 48.9 Å². The lowest BCUT2D eigenvalue weighted by Crippen LogP contribution is -2.34. The number of rotatable bonds is 2. The molecule has 3 atom stereocenters. The molecule has 0 aliphatic heterocycles. The average molecular weight is 193 g/mol. The smallest absolute Gasteiger partial charge is 0.0627 e. The summed E-state index contributed by atoms with van der Waals surface area (Å²) in [5.74, 6) is 0.687. The maximum Gasteiger partial charge on any atom is 0.0627 e. The molecule has 14 heavy (non-hydrogen) atoms. The molecule has 1 N–H and O–H groups in total. The summed E-state index contributed by atoms with van der Waals surface area (Å²) in [6, 6.07) is 2.34. The highest BCUT2D eigenvalue weighted by atomic mass is 16.3. The van der Waals surface area contributed by atoms with E-state index in [1.165, 1.54) is 6.42 Å². The van der Waals surface area contributed by atoms with Crippen LogP contribution in [0.1, 0.15) is 45.4 Å². The lowest BCUT2D eigenvalue weighted by atomic mass is 9.64. The molecule has 78 valence electrons. The molecule has 3 unspecified atom stereocenters. The molecule has 0 heterocycles. The Morgan fingerprint density at radius 3 is 2.64 bits per heavy atom. The van der Waals surface area contributed by atoms with Gasteiger partial charge in [0, 0.05) is 13.0 Å². The Balaban J connectivity index is 2.20. The fourth-order valence-electron chi connectivity index (χ4n) is 3.99. The second kappa shape index (κ2) is 3.24. The van der Waals surface area contributed by atoms with Crippen molar-refractivity contribution in [2.24, 2.45) is 16.7 Å². The molecule has 2 nitrogen and oxygen atoms in total. The van der Waals surface area contributed by atoms with Crippen LogP contribution in [0.2, 0.25) is 0 Å². The molecule has 2 aliphatic carbocycles. The van der Waals surface area contributed by atoms with Gasteiger partial charge in [0.2, 0.25) is 0 Å². The number of fused-ring (bicyclic) bond motifs is 2. The summed E-state index contributed by atoms with van der Waals surface area (Å²) in [6.07, 6.45) is 6.44. The highest BCUT2D eigenvalue weighted by Crippen LogP contribution is 2.61. The van der Waals surface area contributed by atoms with Crippen molar-refractivity contribution >= 4 is 0 Å². The van der Waals surface area contributed by atoms with Crippen LogP contribution < -0.4 is 0 Å². The Morgan fingerprint density at radius 2 is 2.00 bits per heavy atom. The van der Waals surface area contributed by atoms with E-state index >= 15 is 0 Å². The number of nitrogens with zero attached hydrogens (tertiary/aromatic N) is 1. The van der Waals surface area contributed by atoms with Gasteiger partial charge in [-0.3, -0.25) is 0 Å². The zero-order valence-corrected chi connectivity index (χ0v) is 8.92. The van der Waals surface area contributed by atoms with E-state index in [1.807, 2.05) is 0 Å². The monoisotopic (exact) mass is 193 g/mol. The Bertz CT molecular complexity index is 270. The lowest BCUT2D eigenvalue weighted by molar-refractivity contribution is 0.0443. The number of aliphatic hydroxyl groups is 1. The van der Waals surface area contributed by atoms with E-state index in [1.54, 1.807) is 0 Å². The lowest BCUT2D eigenvalue weighted by Gasteiger charge is -2.41. The van der Waals surface area contributed by atoms with Gasteiger partial charge >= 0.3 is 0 Å². The predicted molar refractivity (Wildman–Crippen MR) is 54.4 cm³/mol. The van der Waals surface area contributed by atoms with Gasteiger partial charge in [0.15, 0.2) is 0 Å². The highest BCUT2D eigenvalue weighted by molar-refractivity contribution is 5.05. The second-order valence-corrected chi connectivity index (χ2v) is 5.68. The van der Waals surface area contributed by atoms with Crippen molar-refractivity contribution in [3.8, 4) is 6.07 Å². The summed E-state index contributed by atoms with van der Waals surface area (Å²) in [5, 5.41) is 18.3. The van der Waals surface area contributed by atoms with E-state index in [2.05, 4.69) is 13.0 Å². The van der Waals surface area contributed by atoms with Gasteiger partial charge < -0.3 is 5.11 Å². The third-order valence-electron chi connectivity index (χ3n) is 4.29. The summed E-state index contributed by atoms with van der Waals surface area (Å²) >= 11 is 0. The third kappa shape index (κ3) is 1.44. The van der Waals surface area contributed by atoms with Crippen LogP contribution in [0.4, 0.5) is 0 Å². The van der Waals surface area contributed by atoms with Gasteiger partial charge in [-0.1, -0.05) is 6.92 Å². The van der Waals surface area contributed by atoms with Crippen molar-refractivity contribution in [1.82, 2.24) is 0 Å². The highest BCUT2D eigenvalue weighted by Gasteiger charge is 2.52. The van der Waals surface area contributed by atoms with Crippen molar-refractivity contribution in [2.45, 2.75) is 45.4 Å². The standard InChI is InChI=1S/C12H19NO/c1-10-6-11(4-5-13)2-3-12(7-10,8-11)9-14/h10,14H,2-4,6-9H2,1H3. The van der Waals surface area contributed by atoms with Crippen molar-refractivity contribution < 1.29 is 5.11 Å². The first-order valence-electron chi connectivity index (χ1n) is 5.62. The Labute approximate surface area is 85.9 Å². The molecule has 0 aromatic heterocycles. The quantitative estimate of drug-likeness (QED) is 0.732. The van der Waals surface area contributed by atoms with E-state index < -0.39 is 0 Å². The van der Waals surface area contributed by atoms with E-state index in [-0.39, 0.29) is 10.8 Å². The van der Waals surface area contributed by atoms with Crippen LogP contribution in [0.3, 0.4) is 0 Å². The summed E-state index contributed by atoms with van der Waals surface area (Å²) in [5.41, 5.74) is 0.434. The molecule has 2 bridgehead atoms. The molecule has 0 amide bonds. The molecule has 2 aliphatic rings. The summed E-state index contributed by atoms with van der Waals surface area (Å²) < 4.78 is 0. The van der Waals surface area contributed by atoms with Gasteiger partial charge in [0.05, 0.1) is 6.07 Å². The minimum absolute atomic E-state index is 0.175. The van der Waals surface area contributed by atoms with Crippen molar-refractivity contribution in [1.29, 1.82) is 5.26 Å². The minimum atomic E-state index is 0.175. The molecule has 0 aromatic rings. The Kier molecular flexibility index (Phi) is 2.31. The summed E-state index contributed by atoms with van der Waals surface area (Å²) in [7, 11) is 0. The molecule has 2 fully saturated rings. The number of nitriles is 1. The molecule has 0 aromatic carbocycles. The molecule has 0 spiro atoms. The van der Waals surface area contributed by atoms with Crippen LogP contribution >= 0.6 is 0 Å². The third-order valence-corrected chi connectivity index (χ3v) is 4.29. The minimum Gasteiger partial charge on any atom is -0.396 e. The fourth-order valence-corrected chi connectivity index (χ4v) is 3.99. The molecule has 0 saturated heterocycles. The first-order valence-corrected chi connectivity index (χ1v) is 5.62. The second-order valence-electron chi connectivity index (χ2n) is 5.68. The number of hydrogen-bond acceptors (Lipinski definition) is 2. The number of aliphatic hydroxyl groups excluding tert-OH is 1. The van der Waals surface area contributed by atoms with Crippen LogP contribution in [-0.2, 0) is 0 Å². The normalized spacial score (nSPS) is 46.2. The Morgan fingerprint density at radius 1 is 1.36 bits per heavy atom. The van der Waals surface area contributed by atoms with Gasteiger partial charge in [0.1, 0.15) is 0 Å². The first kappa shape index (κ1) is 9.98. The van der Waals surface area contributed by atoms with Crippen LogP contribution in [0.25, 0.3) is 0 Å². The topological polar surface area (TPSA) is 44.0 Å². The summed E-state index contributed by atoms with van der Waals surface area (Å²) in [6.45, 7) is 2.59. The fraction of sp³-hybridized carbons (Fsp3) is 0.917. The molecular formula is C12H19NO. The van der Waals surface area contributed by atoms with Crippen LogP contribution in [0.5, 0.6) is 0 Å². The van der Waals surface area contributed by atoms with E-state index in [4.69, 9.17) is 5.26 Å². The van der Waals surface area contributed by atoms with Crippen LogP contribution in [0, 0.1) is 28.1 Å². The van der Waals surface area contributed by atoms with Gasteiger partial charge in [-0.2, -0.15) is 5.26 Å². The largest absolute Gasteiger partial charge is 0.396 e. The molecule has 2 rings (SSSR count). The maximum atomic E-state index is 9.49. The van der Waals surface area contributed by atoms with Crippen molar-refractivity contribution in [3.63, 3.8) is 0 Å². The SMILES string of the molecule is CC1CC2(CO)CCC(CC#N)(C1)C2. The average Bonchev–Trinajstić information content (AvgIpc) is 2.40. The van der Waals surface area contributed by atoms with E-state index in [0.29, 0.717) is 18.9 Å². The van der Waals surface area contributed by atoms with Gasteiger partial charge in [0.25, 0.3) is 0 Å². The van der Waals surface area contributed by atoms with Gasteiger partial charge in [-0.25, -0.2) is 0 Å². The molecular weight excluding hydrogens is 174 g/mol. The predicted octanol–water partition coefficient (Wildman–Crippen LogP) is 2.48. The molecule has 0 radical (unpaired) electrons. The zero-order chi connectivity index (χ0) is 10.2. The van der Waals surface area contributed by atoms with E-state index in [0.717, 1.165) is 25.7 Å². The number of hydrogen-bond donors (Lipinski definition) is 1. The van der Waals surface area contributed by atoms with Crippen molar-refractivity contribution in [2.75, 3.05) is 6.61 Å². The van der Waals surface area contributed by atoms with Crippen LogP contribution in [-0.4, -0.2) is 11.7 Å².